The minimum atomic E-state index is -0.229. The zero-order valence-electron chi connectivity index (χ0n) is 15.7. The Balaban J connectivity index is 1.98. The highest BCUT2D eigenvalue weighted by Gasteiger charge is 2.11. The summed E-state index contributed by atoms with van der Waals surface area (Å²) in [5, 5.41) is 3.67. The number of benzene rings is 1. The maximum atomic E-state index is 12.3. The van der Waals surface area contributed by atoms with Gasteiger partial charge in [-0.25, -0.2) is 4.98 Å². The van der Waals surface area contributed by atoms with Crippen molar-refractivity contribution in [2.24, 2.45) is 0 Å². The number of rotatable bonds is 9. The highest BCUT2D eigenvalue weighted by atomic mass is 32.2. The molecule has 9 heteroatoms. The number of amides is 1. The van der Waals surface area contributed by atoms with E-state index in [1.54, 1.807) is 37.1 Å². The summed E-state index contributed by atoms with van der Waals surface area (Å²) >= 11 is 2.89. The third-order valence-corrected chi connectivity index (χ3v) is 5.36. The van der Waals surface area contributed by atoms with Gasteiger partial charge in [-0.2, -0.15) is 11.8 Å². The number of hydrogen-bond acceptors (Lipinski definition) is 7. The molecule has 1 aromatic carbocycles. The SMILES string of the molecule is COc1ccc(NC(=O)CSc2nc(CSC(C)C)cc(=O)[nH]2)c(OC)c1. The van der Waals surface area contributed by atoms with Gasteiger partial charge in [0.15, 0.2) is 5.16 Å². The average molecular weight is 410 g/mol. The van der Waals surface area contributed by atoms with Crippen molar-refractivity contribution in [1.29, 1.82) is 0 Å². The summed E-state index contributed by atoms with van der Waals surface area (Å²) in [6.45, 7) is 4.18. The predicted molar refractivity (Wildman–Crippen MR) is 110 cm³/mol. The molecule has 0 radical (unpaired) electrons. The number of anilines is 1. The van der Waals surface area contributed by atoms with Gasteiger partial charge >= 0.3 is 0 Å². The molecule has 0 bridgehead atoms. The van der Waals surface area contributed by atoms with Gasteiger partial charge in [-0.3, -0.25) is 9.59 Å². The fourth-order valence-electron chi connectivity index (χ4n) is 2.10. The van der Waals surface area contributed by atoms with Crippen LogP contribution >= 0.6 is 23.5 Å². The van der Waals surface area contributed by atoms with Gasteiger partial charge < -0.3 is 19.8 Å². The van der Waals surface area contributed by atoms with Crippen molar-refractivity contribution >= 4 is 35.1 Å². The molecule has 1 heterocycles. The summed E-state index contributed by atoms with van der Waals surface area (Å²) in [5.41, 5.74) is 1.04. The molecular formula is C18H23N3O4S2. The lowest BCUT2D eigenvalue weighted by Gasteiger charge is -2.11. The fourth-order valence-corrected chi connectivity index (χ4v) is 3.45. The fraction of sp³-hybridized carbons (Fsp3) is 0.389. The first-order valence-electron chi connectivity index (χ1n) is 8.27. The van der Waals surface area contributed by atoms with Crippen molar-refractivity contribution in [2.75, 3.05) is 25.3 Å². The molecule has 2 rings (SSSR count). The molecule has 1 amide bonds. The molecule has 0 aliphatic heterocycles. The van der Waals surface area contributed by atoms with Crippen molar-refractivity contribution in [3.05, 3.63) is 40.3 Å². The molecule has 0 spiro atoms. The minimum Gasteiger partial charge on any atom is -0.497 e. The van der Waals surface area contributed by atoms with E-state index in [4.69, 9.17) is 9.47 Å². The Morgan fingerprint density at radius 3 is 2.70 bits per heavy atom. The van der Waals surface area contributed by atoms with Gasteiger partial charge in [0.05, 0.1) is 31.4 Å². The number of carbonyl (C=O) groups is 1. The van der Waals surface area contributed by atoms with Crippen LogP contribution in [0.1, 0.15) is 19.5 Å². The molecule has 1 aromatic heterocycles. The highest BCUT2D eigenvalue weighted by molar-refractivity contribution is 7.99. The highest BCUT2D eigenvalue weighted by Crippen LogP contribution is 2.29. The monoisotopic (exact) mass is 409 g/mol. The molecule has 0 fully saturated rings. The van der Waals surface area contributed by atoms with Crippen LogP contribution in [0, 0.1) is 0 Å². The Morgan fingerprint density at radius 1 is 1.26 bits per heavy atom. The van der Waals surface area contributed by atoms with Crippen molar-refractivity contribution < 1.29 is 14.3 Å². The summed E-state index contributed by atoms with van der Waals surface area (Å²) in [4.78, 5) is 31.1. The van der Waals surface area contributed by atoms with Gasteiger partial charge in [0.2, 0.25) is 5.91 Å². The first kappa shape index (κ1) is 21.2. The number of H-pyrrole nitrogens is 1. The van der Waals surface area contributed by atoms with E-state index in [2.05, 4.69) is 29.1 Å². The summed E-state index contributed by atoms with van der Waals surface area (Å²) < 4.78 is 10.4. The Hall–Kier alpha value is -2.13. The lowest BCUT2D eigenvalue weighted by molar-refractivity contribution is -0.113. The van der Waals surface area contributed by atoms with E-state index < -0.39 is 0 Å². The molecule has 0 aliphatic rings. The van der Waals surface area contributed by atoms with Crippen LogP contribution in [0.4, 0.5) is 5.69 Å². The van der Waals surface area contributed by atoms with E-state index in [9.17, 15) is 9.59 Å². The third kappa shape index (κ3) is 6.84. The summed E-state index contributed by atoms with van der Waals surface area (Å²) in [7, 11) is 3.08. The Labute approximate surface area is 166 Å². The van der Waals surface area contributed by atoms with E-state index in [0.29, 0.717) is 39.0 Å². The van der Waals surface area contributed by atoms with Gasteiger partial charge in [0.25, 0.3) is 5.56 Å². The number of aromatic nitrogens is 2. The van der Waals surface area contributed by atoms with Crippen molar-refractivity contribution in [3.8, 4) is 11.5 Å². The lowest BCUT2D eigenvalue weighted by Crippen LogP contribution is -2.16. The molecule has 146 valence electrons. The molecule has 0 saturated heterocycles. The molecule has 27 heavy (non-hydrogen) atoms. The molecule has 0 aliphatic carbocycles. The quantitative estimate of drug-likeness (QED) is 0.485. The molecular weight excluding hydrogens is 386 g/mol. The maximum Gasteiger partial charge on any atom is 0.251 e. The number of thioether (sulfide) groups is 2. The normalized spacial score (nSPS) is 10.7. The van der Waals surface area contributed by atoms with E-state index in [0.717, 1.165) is 0 Å². The Morgan fingerprint density at radius 2 is 2.04 bits per heavy atom. The zero-order valence-corrected chi connectivity index (χ0v) is 17.3. The summed E-state index contributed by atoms with van der Waals surface area (Å²) in [6.07, 6.45) is 0. The number of nitrogens with one attached hydrogen (secondary N) is 2. The second-order valence-electron chi connectivity index (χ2n) is 5.80. The predicted octanol–water partition coefficient (Wildman–Crippen LogP) is 3.16. The van der Waals surface area contributed by atoms with Crippen LogP contribution in [0.2, 0.25) is 0 Å². The van der Waals surface area contributed by atoms with Crippen LogP contribution < -0.4 is 20.3 Å². The van der Waals surface area contributed by atoms with Gasteiger partial charge in [-0.15, -0.1) is 0 Å². The van der Waals surface area contributed by atoms with Crippen molar-refractivity contribution in [3.63, 3.8) is 0 Å². The van der Waals surface area contributed by atoms with Gasteiger partial charge in [-0.1, -0.05) is 25.6 Å². The van der Waals surface area contributed by atoms with Gasteiger partial charge in [-0.05, 0) is 17.4 Å². The molecule has 2 N–H and O–H groups in total. The molecule has 2 aromatic rings. The average Bonchev–Trinajstić information content (AvgIpc) is 2.64. The van der Waals surface area contributed by atoms with E-state index >= 15 is 0 Å². The van der Waals surface area contributed by atoms with Crippen LogP contribution in [0.15, 0.2) is 34.2 Å². The summed E-state index contributed by atoms with van der Waals surface area (Å²) in [5.74, 6) is 1.68. The third-order valence-electron chi connectivity index (χ3n) is 3.36. The lowest BCUT2D eigenvalue weighted by atomic mass is 10.2. The van der Waals surface area contributed by atoms with Crippen LogP contribution in [0.25, 0.3) is 0 Å². The zero-order chi connectivity index (χ0) is 19.8. The smallest absolute Gasteiger partial charge is 0.251 e. The topological polar surface area (TPSA) is 93.3 Å². The minimum absolute atomic E-state index is 0.110. The number of ether oxygens (including phenoxy) is 2. The number of nitrogens with zero attached hydrogens (tertiary/aromatic N) is 1. The van der Waals surface area contributed by atoms with Gasteiger partial charge in [0, 0.05) is 17.9 Å². The second kappa shape index (κ2) is 10.3. The van der Waals surface area contributed by atoms with Crippen molar-refractivity contribution in [1.82, 2.24) is 9.97 Å². The number of methoxy groups -OCH3 is 2. The van der Waals surface area contributed by atoms with Crippen LogP contribution in [-0.2, 0) is 10.5 Å². The molecule has 0 unspecified atom stereocenters. The molecule has 0 atom stereocenters. The Bertz CT molecular complexity index is 840. The largest absolute Gasteiger partial charge is 0.497 e. The number of hydrogen-bond donors (Lipinski definition) is 2. The maximum absolute atomic E-state index is 12.3. The molecule has 0 saturated carbocycles. The van der Waals surface area contributed by atoms with E-state index in [1.807, 2.05) is 0 Å². The van der Waals surface area contributed by atoms with E-state index in [-0.39, 0.29) is 17.2 Å². The molecule has 7 nitrogen and oxygen atoms in total. The van der Waals surface area contributed by atoms with E-state index in [1.165, 1.54) is 24.9 Å². The van der Waals surface area contributed by atoms with Crippen LogP contribution in [-0.4, -0.2) is 41.1 Å². The van der Waals surface area contributed by atoms with Crippen LogP contribution in [0.3, 0.4) is 0 Å². The van der Waals surface area contributed by atoms with Gasteiger partial charge in [0.1, 0.15) is 11.5 Å². The Kier molecular flexibility index (Phi) is 8.05. The summed E-state index contributed by atoms with van der Waals surface area (Å²) in [6, 6.07) is 6.63. The number of carbonyl (C=O) groups excluding carboxylic acids is 1. The van der Waals surface area contributed by atoms with Crippen molar-refractivity contribution in [2.45, 2.75) is 30.0 Å². The first-order chi connectivity index (χ1) is 12.9. The number of aromatic amines is 1. The van der Waals surface area contributed by atoms with Crippen LogP contribution in [0.5, 0.6) is 11.5 Å². The standard InChI is InChI=1S/C18H23N3O4S2/c1-11(2)26-9-12-7-16(22)21-18(19-12)27-10-17(23)20-14-6-5-13(24-3)8-15(14)25-4/h5-8,11H,9-10H2,1-4H3,(H,20,23)(H,19,21,22). The second-order valence-corrected chi connectivity index (χ2v) is 8.33. The first-order valence-corrected chi connectivity index (χ1v) is 10.3.